The highest BCUT2D eigenvalue weighted by atomic mass is 16.5. The molecule has 2 heterocycles. The molecule has 1 saturated heterocycles. The molecule has 1 aromatic rings. The summed E-state index contributed by atoms with van der Waals surface area (Å²) in [6.45, 7) is 4.17. The lowest BCUT2D eigenvalue weighted by molar-refractivity contribution is -0.0604. The summed E-state index contributed by atoms with van der Waals surface area (Å²) in [5.74, 6) is 1.47. The van der Waals surface area contributed by atoms with E-state index in [4.69, 9.17) is 18.9 Å². The van der Waals surface area contributed by atoms with Crippen LogP contribution >= 0.6 is 0 Å². The number of aryl methyl sites for hydroxylation is 1. The Balaban J connectivity index is 1.93. The van der Waals surface area contributed by atoms with Gasteiger partial charge in [0.05, 0.1) is 32.0 Å². The van der Waals surface area contributed by atoms with E-state index in [1.54, 1.807) is 21.3 Å². The number of rotatable bonds is 5. The van der Waals surface area contributed by atoms with Gasteiger partial charge in [0.25, 0.3) is 0 Å². The summed E-state index contributed by atoms with van der Waals surface area (Å²) < 4.78 is 23.0. The molecule has 1 aliphatic carbocycles. The van der Waals surface area contributed by atoms with Crippen LogP contribution in [0.15, 0.2) is 23.8 Å². The maximum atomic E-state index is 11.0. The lowest BCUT2D eigenvalue weighted by Crippen LogP contribution is -2.50. The van der Waals surface area contributed by atoms with E-state index in [1.807, 2.05) is 6.92 Å². The molecule has 154 valence electrons. The minimum atomic E-state index is -0.500. The second-order valence-corrected chi connectivity index (χ2v) is 7.81. The molecule has 1 N–H and O–H groups in total. The number of nitrogens with zero attached hydrogens (tertiary/aromatic N) is 1. The van der Waals surface area contributed by atoms with Crippen molar-refractivity contribution in [2.24, 2.45) is 0 Å². The van der Waals surface area contributed by atoms with Gasteiger partial charge in [-0.05, 0) is 61.2 Å². The van der Waals surface area contributed by atoms with Gasteiger partial charge in [-0.1, -0.05) is 0 Å². The lowest BCUT2D eigenvalue weighted by atomic mass is 9.71. The molecule has 4 atom stereocenters. The van der Waals surface area contributed by atoms with Crippen molar-refractivity contribution in [2.45, 2.75) is 50.0 Å². The number of benzene rings is 1. The van der Waals surface area contributed by atoms with E-state index >= 15 is 0 Å². The van der Waals surface area contributed by atoms with Crippen molar-refractivity contribution in [3.8, 4) is 11.5 Å². The number of ether oxygens (including phenoxy) is 4. The highest BCUT2D eigenvalue weighted by molar-refractivity contribution is 5.55. The van der Waals surface area contributed by atoms with Crippen LogP contribution in [0, 0.1) is 0 Å². The normalized spacial score (nSPS) is 32.0. The molecule has 28 heavy (non-hydrogen) atoms. The van der Waals surface area contributed by atoms with Crippen LogP contribution in [0.3, 0.4) is 0 Å². The van der Waals surface area contributed by atoms with Gasteiger partial charge in [-0.2, -0.15) is 0 Å². The summed E-state index contributed by atoms with van der Waals surface area (Å²) in [5.41, 5.74) is 3.10. The number of aliphatic hydroxyl groups excluding tert-OH is 1. The molecular formula is C22H31NO5. The molecule has 0 bridgehead atoms. The van der Waals surface area contributed by atoms with Crippen LogP contribution in [0.2, 0.25) is 0 Å². The van der Waals surface area contributed by atoms with Crippen LogP contribution in [-0.4, -0.2) is 69.3 Å². The van der Waals surface area contributed by atoms with Crippen molar-refractivity contribution in [1.82, 2.24) is 4.90 Å². The standard InChI is InChI=1S/C22H31NO5/c1-5-28-20-11-16-17(24)13-23-8-6-7-14-9-18(25-2)19(26-3)10-15(14)22(16,23)12-21(20)27-4/h9-11,17,20-21,24H,5-8,12-13H2,1-4H3/t17-,20+,21+,22+/m0/s1. The Morgan fingerprint density at radius 1 is 1.18 bits per heavy atom. The van der Waals surface area contributed by atoms with Crippen LogP contribution in [0.25, 0.3) is 0 Å². The van der Waals surface area contributed by atoms with Gasteiger partial charge in [0.15, 0.2) is 11.5 Å². The molecule has 6 nitrogen and oxygen atoms in total. The quantitative estimate of drug-likeness (QED) is 0.780. The smallest absolute Gasteiger partial charge is 0.161 e. The molecule has 3 aliphatic rings. The van der Waals surface area contributed by atoms with Crippen LogP contribution in [0.5, 0.6) is 11.5 Å². The zero-order valence-corrected chi connectivity index (χ0v) is 17.2. The number of methoxy groups -OCH3 is 3. The molecular weight excluding hydrogens is 358 g/mol. The highest BCUT2D eigenvalue weighted by Gasteiger charge is 2.56. The average molecular weight is 389 g/mol. The predicted molar refractivity (Wildman–Crippen MR) is 106 cm³/mol. The fourth-order valence-electron chi connectivity index (χ4n) is 5.37. The molecule has 0 aromatic heterocycles. The number of hydrogen-bond donors (Lipinski definition) is 1. The van der Waals surface area contributed by atoms with Crippen molar-refractivity contribution >= 4 is 0 Å². The van der Waals surface area contributed by atoms with Crippen molar-refractivity contribution < 1.29 is 24.1 Å². The Labute approximate surface area is 167 Å². The third-order valence-corrected chi connectivity index (χ3v) is 6.57. The minimum Gasteiger partial charge on any atom is -0.493 e. The summed E-state index contributed by atoms with van der Waals surface area (Å²) >= 11 is 0. The fraction of sp³-hybridized carbons (Fsp3) is 0.636. The van der Waals surface area contributed by atoms with Gasteiger partial charge >= 0.3 is 0 Å². The van der Waals surface area contributed by atoms with Crippen LogP contribution in [0.1, 0.15) is 30.9 Å². The third-order valence-electron chi connectivity index (χ3n) is 6.57. The second kappa shape index (κ2) is 7.67. The molecule has 2 aliphatic heterocycles. The van der Waals surface area contributed by atoms with E-state index in [0.717, 1.165) is 42.9 Å². The fourth-order valence-corrected chi connectivity index (χ4v) is 5.37. The van der Waals surface area contributed by atoms with E-state index in [1.165, 1.54) is 11.1 Å². The highest BCUT2D eigenvalue weighted by Crippen LogP contribution is 2.54. The van der Waals surface area contributed by atoms with Gasteiger partial charge in [0.2, 0.25) is 0 Å². The summed E-state index contributed by atoms with van der Waals surface area (Å²) in [5, 5.41) is 11.0. The predicted octanol–water partition coefficient (Wildman–Crippen LogP) is 2.27. The summed E-state index contributed by atoms with van der Waals surface area (Å²) in [7, 11) is 5.08. The molecule has 0 unspecified atom stereocenters. The molecule has 1 spiro atoms. The zero-order valence-electron chi connectivity index (χ0n) is 17.2. The van der Waals surface area contributed by atoms with Gasteiger partial charge in [-0.15, -0.1) is 0 Å². The van der Waals surface area contributed by atoms with Gasteiger partial charge in [-0.3, -0.25) is 4.90 Å². The Kier molecular flexibility index (Phi) is 5.40. The average Bonchev–Trinajstić information content (AvgIpc) is 2.90. The van der Waals surface area contributed by atoms with E-state index in [-0.39, 0.29) is 17.7 Å². The maximum absolute atomic E-state index is 11.0. The first kappa shape index (κ1) is 19.7. The Bertz CT molecular complexity index is 764. The molecule has 4 rings (SSSR count). The molecule has 0 saturated carbocycles. The van der Waals surface area contributed by atoms with Gasteiger partial charge in [0.1, 0.15) is 6.10 Å². The summed E-state index contributed by atoms with van der Waals surface area (Å²) in [6, 6.07) is 4.21. The first-order valence-electron chi connectivity index (χ1n) is 10.1. The van der Waals surface area contributed by atoms with E-state index in [0.29, 0.717) is 13.2 Å². The van der Waals surface area contributed by atoms with Crippen molar-refractivity contribution in [1.29, 1.82) is 0 Å². The first-order valence-corrected chi connectivity index (χ1v) is 10.1. The Hall–Kier alpha value is -1.60. The third kappa shape index (κ3) is 2.86. The summed E-state index contributed by atoms with van der Waals surface area (Å²) in [4.78, 5) is 2.43. The molecule has 1 aromatic carbocycles. The van der Waals surface area contributed by atoms with E-state index < -0.39 is 6.10 Å². The van der Waals surface area contributed by atoms with Crippen molar-refractivity contribution in [2.75, 3.05) is 41.0 Å². The van der Waals surface area contributed by atoms with Gasteiger partial charge in [-0.25, -0.2) is 0 Å². The molecule has 6 heteroatoms. The maximum Gasteiger partial charge on any atom is 0.161 e. The number of fused-ring (bicyclic) bond motifs is 1. The van der Waals surface area contributed by atoms with Crippen molar-refractivity contribution in [3.05, 3.63) is 34.9 Å². The van der Waals surface area contributed by atoms with Crippen molar-refractivity contribution in [3.63, 3.8) is 0 Å². The second-order valence-electron chi connectivity index (χ2n) is 7.81. The lowest BCUT2D eigenvalue weighted by Gasteiger charge is -2.46. The van der Waals surface area contributed by atoms with E-state index in [2.05, 4.69) is 23.1 Å². The molecule has 1 fully saturated rings. The summed E-state index contributed by atoms with van der Waals surface area (Å²) in [6.07, 6.45) is 4.16. The minimum absolute atomic E-state index is 0.0736. The zero-order chi connectivity index (χ0) is 19.9. The topological polar surface area (TPSA) is 60.4 Å². The monoisotopic (exact) mass is 389 g/mol. The number of aliphatic hydroxyl groups is 1. The van der Waals surface area contributed by atoms with Crippen LogP contribution in [-0.2, 0) is 21.4 Å². The molecule has 0 amide bonds. The first-order chi connectivity index (χ1) is 13.6. The Morgan fingerprint density at radius 3 is 2.61 bits per heavy atom. The Morgan fingerprint density at radius 2 is 1.93 bits per heavy atom. The molecule has 0 radical (unpaired) electrons. The van der Waals surface area contributed by atoms with Gasteiger partial charge < -0.3 is 24.1 Å². The van der Waals surface area contributed by atoms with Gasteiger partial charge in [0, 0.05) is 26.7 Å². The SMILES string of the molecule is CCO[C@@H]1C=C2[C@@H](O)CN3CCCc4cc(OC)c(OC)cc4[C@]23C[C@H]1OC. The van der Waals surface area contributed by atoms with E-state index in [9.17, 15) is 5.11 Å². The largest absolute Gasteiger partial charge is 0.493 e. The van der Waals surface area contributed by atoms with Crippen LogP contribution < -0.4 is 9.47 Å². The number of hydrogen-bond acceptors (Lipinski definition) is 6. The van der Waals surface area contributed by atoms with Crippen LogP contribution in [0.4, 0.5) is 0 Å².